The van der Waals surface area contributed by atoms with Gasteiger partial charge < -0.3 is 5.73 Å². The topological polar surface area (TPSA) is 26.0 Å². The third-order valence-corrected chi connectivity index (χ3v) is 1.71. The third kappa shape index (κ3) is 2.00. The summed E-state index contributed by atoms with van der Waals surface area (Å²) in [6, 6.07) is 1.08. The van der Waals surface area contributed by atoms with Crippen LogP contribution in [0, 0.1) is 5.82 Å². The Morgan fingerprint density at radius 2 is 1.53 bits per heavy atom. The third-order valence-electron chi connectivity index (χ3n) is 1.71. The molecule has 1 rings (SSSR count). The lowest BCUT2D eigenvalue weighted by Gasteiger charge is -2.20. The van der Waals surface area contributed by atoms with Gasteiger partial charge >= 0.3 is 12.1 Å². The van der Waals surface area contributed by atoms with Crippen LogP contribution in [0.2, 0.25) is 0 Å². The number of hydrogen-bond donors (Lipinski definition) is 1. The van der Waals surface area contributed by atoms with Gasteiger partial charge in [-0.3, -0.25) is 0 Å². The van der Waals surface area contributed by atoms with E-state index in [1.165, 1.54) is 0 Å². The largest absolute Gasteiger partial charge is 0.458 e. The molecule has 0 heterocycles. The number of benzene rings is 1. The molecule has 1 aromatic rings. The number of nitrogen functional groups attached to an aromatic ring is 1. The highest BCUT2D eigenvalue weighted by molar-refractivity contribution is 5.44. The van der Waals surface area contributed by atoms with Gasteiger partial charge in [-0.15, -0.1) is 0 Å². The fourth-order valence-corrected chi connectivity index (χ4v) is 0.903. The lowest BCUT2D eigenvalue weighted by Crippen LogP contribution is -2.33. The lowest BCUT2D eigenvalue weighted by atomic mass is 10.1. The van der Waals surface area contributed by atoms with Gasteiger partial charge in [0.25, 0.3) is 0 Å². The Morgan fingerprint density at radius 1 is 1.00 bits per heavy atom. The van der Waals surface area contributed by atoms with Crippen LogP contribution in [0.4, 0.5) is 32.0 Å². The average Bonchev–Trinajstić information content (AvgIpc) is 2.07. The van der Waals surface area contributed by atoms with Crippen LogP contribution in [-0.4, -0.2) is 6.18 Å². The fourth-order valence-electron chi connectivity index (χ4n) is 0.903. The molecule has 0 aliphatic carbocycles. The standard InChI is InChI=1S/C8H5F6N/c9-5-2-1-4(3-6(5)15)7(10,11)8(12,13)14/h1-3H,15H2. The number of halogens is 6. The molecule has 0 saturated heterocycles. The number of nitrogens with two attached hydrogens (primary N) is 1. The van der Waals surface area contributed by atoms with E-state index in [-0.39, 0.29) is 6.07 Å². The van der Waals surface area contributed by atoms with Gasteiger partial charge in [0.1, 0.15) is 5.82 Å². The van der Waals surface area contributed by atoms with Crippen molar-refractivity contribution < 1.29 is 26.3 Å². The number of hydrogen-bond acceptors (Lipinski definition) is 1. The summed E-state index contributed by atoms with van der Waals surface area (Å²) in [6.07, 6.45) is -5.72. The normalized spacial score (nSPS) is 12.9. The van der Waals surface area contributed by atoms with Crippen LogP contribution >= 0.6 is 0 Å². The molecule has 0 saturated carbocycles. The van der Waals surface area contributed by atoms with E-state index >= 15 is 0 Å². The summed E-state index contributed by atoms with van der Waals surface area (Å²) in [7, 11) is 0. The molecule has 7 heteroatoms. The summed E-state index contributed by atoms with van der Waals surface area (Å²) < 4.78 is 73.5. The maximum absolute atomic E-state index is 12.7. The highest BCUT2D eigenvalue weighted by Gasteiger charge is 2.58. The minimum absolute atomic E-state index is 0.267. The smallest absolute Gasteiger partial charge is 0.396 e. The van der Waals surface area contributed by atoms with Crippen LogP contribution in [0.3, 0.4) is 0 Å². The molecule has 0 aliphatic rings. The molecule has 2 N–H and O–H groups in total. The first-order chi connectivity index (χ1) is 6.66. The van der Waals surface area contributed by atoms with Gasteiger partial charge in [0.15, 0.2) is 0 Å². The second-order valence-corrected chi connectivity index (χ2v) is 2.81. The summed E-state index contributed by atoms with van der Waals surface area (Å²) in [5.74, 6) is -6.08. The molecule has 84 valence electrons. The van der Waals surface area contributed by atoms with E-state index in [4.69, 9.17) is 5.73 Å². The zero-order valence-corrected chi connectivity index (χ0v) is 7.08. The first-order valence-electron chi connectivity index (χ1n) is 3.66. The summed E-state index contributed by atoms with van der Waals surface area (Å²) in [4.78, 5) is 0. The Labute approximate surface area is 80.5 Å². The summed E-state index contributed by atoms with van der Waals surface area (Å²) in [5.41, 5.74) is 2.75. The van der Waals surface area contributed by atoms with Crippen molar-refractivity contribution in [2.45, 2.75) is 12.1 Å². The molecular formula is C8H5F6N. The molecule has 0 radical (unpaired) electrons. The number of rotatable bonds is 1. The van der Waals surface area contributed by atoms with E-state index in [0.717, 1.165) is 0 Å². The van der Waals surface area contributed by atoms with E-state index in [9.17, 15) is 26.3 Å². The van der Waals surface area contributed by atoms with Crippen molar-refractivity contribution in [2.24, 2.45) is 0 Å². The zero-order chi connectivity index (χ0) is 11.9. The van der Waals surface area contributed by atoms with Crippen molar-refractivity contribution in [3.8, 4) is 0 Å². The van der Waals surface area contributed by atoms with E-state index in [2.05, 4.69) is 0 Å². The van der Waals surface area contributed by atoms with Gasteiger partial charge in [0.2, 0.25) is 0 Å². The van der Waals surface area contributed by atoms with Gasteiger partial charge in [0.05, 0.1) is 5.69 Å². The SMILES string of the molecule is Nc1cc(C(F)(F)C(F)(F)F)ccc1F. The van der Waals surface area contributed by atoms with Crippen molar-refractivity contribution in [1.29, 1.82) is 0 Å². The molecule has 0 bridgehead atoms. The van der Waals surface area contributed by atoms with Crippen LogP contribution < -0.4 is 5.73 Å². The Kier molecular flexibility index (Phi) is 2.58. The van der Waals surface area contributed by atoms with Crippen LogP contribution in [0.5, 0.6) is 0 Å². The Balaban J connectivity index is 3.22. The van der Waals surface area contributed by atoms with Gasteiger partial charge in [-0.25, -0.2) is 4.39 Å². The summed E-state index contributed by atoms with van der Waals surface area (Å²) in [5, 5.41) is 0. The molecule has 0 spiro atoms. The Morgan fingerprint density at radius 3 is 1.93 bits per heavy atom. The summed E-state index contributed by atoms with van der Waals surface area (Å²) in [6.45, 7) is 0. The highest BCUT2D eigenvalue weighted by Crippen LogP contribution is 2.44. The minimum atomic E-state index is -5.72. The predicted octanol–water partition coefficient (Wildman–Crippen LogP) is 3.06. The maximum atomic E-state index is 12.7. The van der Waals surface area contributed by atoms with Gasteiger partial charge in [-0.2, -0.15) is 22.0 Å². The zero-order valence-electron chi connectivity index (χ0n) is 7.08. The van der Waals surface area contributed by atoms with E-state index in [0.29, 0.717) is 12.1 Å². The quantitative estimate of drug-likeness (QED) is 0.581. The second kappa shape index (κ2) is 3.32. The molecule has 0 atom stereocenters. The number of alkyl halides is 5. The maximum Gasteiger partial charge on any atom is 0.458 e. The highest BCUT2D eigenvalue weighted by atomic mass is 19.4. The van der Waals surface area contributed by atoms with Crippen molar-refractivity contribution in [3.63, 3.8) is 0 Å². The number of anilines is 1. The summed E-state index contributed by atoms with van der Waals surface area (Å²) >= 11 is 0. The molecule has 1 nitrogen and oxygen atoms in total. The Bertz CT molecular complexity index is 370. The second-order valence-electron chi connectivity index (χ2n) is 2.81. The average molecular weight is 229 g/mol. The van der Waals surface area contributed by atoms with E-state index in [1.807, 2.05) is 0 Å². The van der Waals surface area contributed by atoms with Gasteiger partial charge in [0, 0.05) is 5.56 Å². The van der Waals surface area contributed by atoms with Gasteiger partial charge in [-0.05, 0) is 18.2 Å². The predicted molar refractivity (Wildman–Crippen MR) is 40.8 cm³/mol. The molecule has 1 aromatic carbocycles. The van der Waals surface area contributed by atoms with Crippen molar-refractivity contribution in [2.75, 3.05) is 5.73 Å². The minimum Gasteiger partial charge on any atom is -0.396 e. The molecule has 0 fully saturated rings. The Hall–Kier alpha value is -1.40. The monoisotopic (exact) mass is 229 g/mol. The molecule has 15 heavy (non-hydrogen) atoms. The van der Waals surface area contributed by atoms with Crippen molar-refractivity contribution >= 4 is 5.69 Å². The first-order valence-corrected chi connectivity index (χ1v) is 3.66. The molecular weight excluding hydrogens is 224 g/mol. The van der Waals surface area contributed by atoms with Crippen LogP contribution in [-0.2, 0) is 5.92 Å². The van der Waals surface area contributed by atoms with Crippen LogP contribution in [0.25, 0.3) is 0 Å². The van der Waals surface area contributed by atoms with Crippen LogP contribution in [0.1, 0.15) is 5.56 Å². The molecule has 0 amide bonds. The molecule has 0 aliphatic heterocycles. The van der Waals surface area contributed by atoms with Crippen molar-refractivity contribution in [3.05, 3.63) is 29.6 Å². The fraction of sp³-hybridized carbons (Fsp3) is 0.250. The molecule has 0 aromatic heterocycles. The van der Waals surface area contributed by atoms with E-state index in [1.54, 1.807) is 0 Å². The first kappa shape index (κ1) is 11.7. The van der Waals surface area contributed by atoms with Crippen molar-refractivity contribution in [1.82, 2.24) is 0 Å². The van der Waals surface area contributed by atoms with E-state index < -0.39 is 29.2 Å². The van der Waals surface area contributed by atoms with Crippen LogP contribution in [0.15, 0.2) is 18.2 Å². The molecule has 0 unspecified atom stereocenters. The lowest BCUT2D eigenvalue weighted by molar-refractivity contribution is -0.289. The van der Waals surface area contributed by atoms with Gasteiger partial charge in [-0.1, -0.05) is 0 Å².